The molecule has 0 aromatic carbocycles. The van der Waals surface area contributed by atoms with Crippen molar-refractivity contribution in [2.24, 2.45) is 23.2 Å². The first-order valence-corrected chi connectivity index (χ1v) is 8.96. The Morgan fingerprint density at radius 2 is 1.30 bits per heavy atom. The van der Waals surface area contributed by atoms with Gasteiger partial charge in [0, 0.05) is 5.92 Å². The second kappa shape index (κ2) is 9.01. The van der Waals surface area contributed by atoms with Gasteiger partial charge in [-0.1, -0.05) is 33.8 Å². The van der Waals surface area contributed by atoms with Gasteiger partial charge in [-0.2, -0.15) is 0 Å². The summed E-state index contributed by atoms with van der Waals surface area (Å²) in [5.41, 5.74) is -1.40. The van der Waals surface area contributed by atoms with Gasteiger partial charge in [0.1, 0.15) is 17.5 Å². The van der Waals surface area contributed by atoms with Gasteiger partial charge in [-0.15, -0.1) is 6.58 Å². The zero-order valence-electron chi connectivity index (χ0n) is 16.8. The van der Waals surface area contributed by atoms with Gasteiger partial charge in [0.2, 0.25) is 11.8 Å². The number of rotatable bonds is 9. The number of amides is 2. The van der Waals surface area contributed by atoms with Crippen LogP contribution in [0.1, 0.15) is 34.1 Å². The quantitative estimate of drug-likeness (QED) is 0.347. The van der Waals surface area contributed by atoms with Crippen molar-refractivity contribution in [3.8, 4) is 0 Å². The van der Waals surface area contributed by atoms with Gasteiger partial charge < -0.3 is 20.1 Å². The Bertz CT molecular complexity index is 571. The van der Waals surface area contributed by atoms with E-state index in [0.29, 0.717) is 0 Å². The molecule has 2 amide bonds. The summed E-state index contributed by atoms with van der Waals surface area (Å²) in [4.78, 5) is 49.7. The van der Waals surface area contributed by atoms with E-state index in [-0.39, 0.29) is 24.2 Å². The number of allylic oxidation sites excluding steroid dienone is 1. The van der Waals surface area contributed by atoms with Crippen molar-refractivity contribution < 1.29 is 28.7 Å². The van der Waals surface area contributed by atoms with Crippen LogP contribution in [0.15, 0.2) is 12.7 Å². The third-order valence-electron chi connectivity index (χ3n) is 4.93. The minimum atomic E-state index is -1.40. The van der Waals surface area contributed by atoms with Crippen molar-refractivity contribution in [3.63, 3.8) is 0 Å². The molecule has 0 radical (unpaired) electrons. The van der Waals surface area contributed by atoms with Crippen LogP contribution >= 0.6 is 0 Å². The van der Waals surface area contributed by atoms with Gasteiger partial charge in [0.05, 0.1) is 14.2 Å². The molecule has 1 rings (SSSR count). The van der Waals surface area contributed by atoms with E-state index in [1.165, 1.54) is 20.3 Å². The number of carbonyl (C=O) groups excluding carboxylic acids is 4. The Balaban J connectivity index is 3.05. The molecule has 0 aliphatic heterocycles. The van der Waals surface area contributed by atoms with Crippen LogP contribution in [0.2, 0.25) is 0 Å². The van der Waals surface area contributed by atoms with Crippen LogP contribution in [0.3, 0.4) is 0 Å². The maximum absolute atomic E-state index is 12.9. The predicted molar refractivity (Wildman–Crippen MR) is 98.3 cm³/mol. The van der Waals surface area contributed by atoms with E-state index in [1.807, 2.05) is 0 Å². The highest BCUT2D eigenvalue weighted by molar-refractivity contribution is 6.10. The Hall–Kier alpha value is -2.38. The van der Waals surface area contributed by atoms with Crippen LogP contribution in [-0.2, 0) is 28.7 Å². The average Bonchev–Trinajstić information content (AvgIpc) is 3.37. The van der Waals surface area contributed by atoms with Gasteiger partial charge in [-0.3, -0.25) is 9.59 Å². The van der Waals surface area contributed by atoms with Gasteiger partial charge in [0.15, 0.2) is 0 Å². The Morgan fingerprint density at radius 1 is 0.926 bits per heavy atom. The molecule has 1 aliphatic carbocycles. The topological polar surface area (TPSA) is 111 Å². The highest BCUT2D eigenvalue weighted by atomic mass is 16.5. The van der Waals surface area contributed by atoms with Crippen LogP contribution in [0, 0.1) is 23.2 Å². The van der Waals surface area contributed by atoms with Crippen molar-refractivity contribution in [2.75, 3.05) is 14.2 Å². The Labute approximate surface area is 160 Å². The fraction of sp³-hybridized carbons (Fsp3) is 0.684. The zero-order valence-corrected chi connectivity index (χ0v) is 16.8. The molecule has 3 atom stereocenters. The maximum Gasteiger partial charge on any atom is 0.328 e. The summed E-state index contributed by atoms with van der Waals surface area (Å²) in [5.74, 6) is -3.16. The summed E-state index contributed by atoms with van der Waals surface area (Å²) >= 11 is 0. The summed E-state index contributed by atoms with van der Waals surface area (Å²) < 4.78 is 9.46. The van der Waals surface area contributed by atoms with E-state index in [4.69, 9.17) is 9.47 Å². The van der Waals surface area contributed by atoms with Crippen molar-refractivity contribution in [2.45, 2.75) is 46.2 Å². The summed E-state index contributed by atoms with van der Waals surface area (Å²) in [6.45, 7) is 10.7. The Morgan fingerprint density at radius 3 is 1.52 bits per heavy atom. The monoisotopic (exact) mass is 382 g/mol. The first-order chi connectivity index (χ1) is 12.6. The first-order valence-electron chi connectivity index (χ1n) is 8.96. The van der Waals surface area contributed by atoms with E-state index in [2.05, 4.69) is 17.2 Å². The van der Waals surface area contributed by atoms with Crippen molar-refractivity contribution >= 4 is 23.8 Å². The summed E-state index contributed by atoms with van der Waals surface area (Å²) in [6, 6.07) is -1.75. The lowest BCUT2D eigenvalue weighted by molar-refractivity contribution is -0.150. The molecular weight excluding hydrogens is 352 g/mol. The Kier molecular flexibility index (Phi) is 7.56. The molecule has 1 aliphatic rings. The normalized spacial score (nSPS) is 19.6. The maximum atomic E-state index is 12.9. The lowest BCUT2D eigenvalue weighted by Gasteiger charge is -2.26. The summed E-state index contributed by atoms with van der Waals surface area (Å²) in [5, 5.41) is 5.25. The smallest absolute Gasteiger partial charge is 0.328 e. The number of methoxy groups -OCH3 is 2. The van der Waals surface area contributed by atoms with Crippen LogP contribution < -0.4 is 10.6 Å². The van der Waals surface area contributed by atoms with Gasteiger partial charge in [-0.05, 0) is 18.3 Å². The number of nitrogens with one attached hydrogen (secondary N) is 2. The highest BCUT2D eigenvalue weighted by Crippen LogP contribution is 2.54. The molecule has 8 heteroatoms. The lowest BCUT2D eigenvalue weighted by Crippen LogP contribution is -2.54. The van der Waals surface area contributed by atoms with E-state index in [9.17, 15) is 19.2 Å². The predicted octanol–water partition coefficient (Wildman–Crippen LogP) is 0.806. The standard InChI is InChI=1S/C19H30N2O6/c1-8-12-9-19(12,17(24)20-13(10(2)3)15(22)26-6)18(25)21-14(11(4)5)16(23)27-7/h8,10-14H,1,9H2,2-7H3,(H,20,24)(H,21,25)/t12?,13-,14-/m0/s1. The second-order valence-corrected chi connectivity index (χ2v) is 7.45. The highest BCUT2D eigenvalue weighted by Gasteiger charge is 2.65. The van der Waals surface area contributed by atoms with E-state index < -0.39 is 41.3 Å². The van der Waals surface area contributed by atoms with Crippen molar-refractivity contribution in [3.05, 3.63) is 12.7 Å². The average molecular weight is 382 g/mol. The number of carbonyl (C=O) groups is 4. The zero-order chi connectivity index (χ0) is 20.9. The number of hydrogen-bond donors (Lipinski definition) is 2. The first kappa shape index (κ1) is 22.7. The van der Waals surface area contributed by atoms with E-state index >= 15 is 0 Å². The molecular formula is C19H30N2O6. The molecule has 8 nitrogen and oxygen atoms in total. The van der Waals surface area contributed by atoms with Crippen LogP contribution in [0.4, 0.5) is 0 Å². The molecule has 0 saturated heterocycles. The third-order valence-corrected chi connectivity index (χ3v) is 4.93. The summed E-state index contributed by atoms with van der Waals surface area (Å²) in [6.07, 6.45) is 1.79. The van der Waals surface area contributed by atoms with Crippen LogP contribution in [-0.4, -0.2) is 50.1 Å². The summed E-state index contributed by atoms with van der Waals surface area (Å²) in [7, 11) is 2.47. The van der Waals surface area contributed by atoms with Crippen molar-refractivity contribution in [1.82, 2.24) is 10.6 Å². The van der Waals surface area contributed by atoms with E-state index in [1.54, 1.807) is 27.7 Å². The van der Waals surface area contributed by atoms with Gasteiger partial charge >= 0.3 is 11.9 Å². The fourth-order valence-electron chi connectivity index (χ4n) is 2.99. The van der Waals surface area contributed by atoms with E-state index in [0.717, 1.165) is 0 Å². The number of hydrogen-bond acceptors (Lipinski definition) is 6. The van der Waals surface area contributed by atoms with Crippen LogP contribution in [0.25, 0.3) is 0 Å². The molecule has 0 spiro atoms. The molecule has 1 fully saturated rings. The largest absolute Gasteiger partial charge is 0.467 e. The van der Waals surface area contributed by atoms with Crippen molar-refractivity contribution in [1.29, 1.82) is 0 Å². The number of ether oxygens (including phenoxy) is 2. The van der Waals surface area contributed by atoms with Gasteiger partial charge in [0.25, 0.3) is 0 Å². The molecule has 0 aromatic heterocycles. The van der Waals surface area contributed by atoms with Gasteiger partial charge in [-0.25, -0.2) is 9.59 Å². The SMILES string of the molecule is C=CC1CC1(C(=O)N[C@H](C(=O)OC)C(C)C)C(=O)N[C@H](C(=O)OC)C(C)C. The molecule has 2 N–H and O–H groups in total. The minimum Gasteiger partial charge on any atom is -0.467 e. The molecule has 1 saturated carbocycles. The molecule has 0 aromatic rings. The molecule has 27 heavy (non-hydrogen) atoms. The third kappa shape index (κ3) is 4.67. The minimum absolute atomic E-state index is 0.221. The lowest BCUT2D eigenvalue weighted by atomic mass is 9.96. The molecule has 152 valence electrons. The molecule has 1 unspecified atom stereocenters. The fourth-order valence-corrected chi connectivity index (χ4v) is 2.99. The van der Waals surface area contributed by atoms with Crippen LogP contribution in [0.5, 0.6) is 0 Å². The molecule has 0 bridgehead atoms. The molecule has 0 heterocycles. The number of esters is 2. The second-order valence-electron chi connectivity index (χ2n) is 7.45.